The molecular formula is C16H14N4O2S. The first-order valence-corrected chi connectivity index (χ1v) is 7.71. The second-order valence-electron chi connectivity index (χ2n) is 4.66. The van der Waals surface area contributed by atoms with Crippen LogP contribution in [0.2, 0.25) is 0 Å². The van der Waals surface area contributed by atoms with E-state index in [0.717, 1.165) is 11.8 Å². The molecule has 6 nitrogen and oxygen atoms in total. The number of thioether (sulfide) groups is 1. The molecule has 1 aromatic heterocycles. The third kappa shape index (κ3) is 3.61. The van der Waals surface area contributed by atoms with Gasteiger partial charge in [0.2, 0.25) is 0 Å². The fraction of sp³-hybridized carbons (Fsp3) is 0.188. The second kappa shape index (κ2) is 7.61. The maximum atomic E-state index is 9.53. The van der Waals surface area contributed by atoms with Gasteiger partial charge in [-0.2, -0.15) is 10.5 Å². The summed E-state index contributed by atoms with van der Waals surface area (Å²) in [6.45, 7) is -0.383. The largest absolute Gasteiger partial charge is 0.394 e. The average molecular weight is 326 g/mol. The number of nitriles is 2. The molecule has 1 heterocycles. The number of nitrogens with two attached hydrogens (primary N) is 1. The van der Waals surface area contributed by atoms with Crippen molar-refractivity contribution in [3.05, 3.63) is 41.5 Å². The van der Waals surface area contributed by atoms with Crippen molar-refractivity contribution in [2.24, 2.45) is 0 Å². The molecule has 0 aliphatic carbocycles. The summed E-state index contributed by atoms with van der Waals surface area (Å²) < 4.78 is 0. The summed E-state index contributed by atoms with van der Waals surface area (Å²) in [5.74, 6) is 0.198. The molecule has 0 aliphatic heterocycles. The molecule has 1 atom stereocenters. The molecule has 0 aliphatic rings. The van der Waals surface area contributed by atoms with Gasteiger partial charge in [-0.25, -0.2) is 4.98 Å². The van der Waals surface area contributed by atoms with Gasteiger partial charge >= 0.3 is 0 Å². The van der Waals surface area contributed by atoms with Crippen molar-refractivity contribution >= 4 is 17.6 Å². The summed E-state index contributed by atoms with van der Waals surface area (Å²) in [6, 6.07) is 13.1. The van der Waals surface area contributed by atoms with Gasteiger partial charge in [0, 0.05) is 11.3 Å². The van der Waals surface area contributed by atoms with Crippen LogP contribution in [0.3, 0.4) is 0 Å². The number of rotatable bonds is 5. The van der Waals surface area contributed by atoms with Crippen LogP contribution in [0.25, 0.3) is 11.1 Å². The quantitative estimate of drug-likeness (QED) is 0.711. The van der Waals surface area contributed by atoms with E-state index >= 15 is 0 Å². The van der Waals surface area contributed by atoms with E-state index in [-0.39, 0.29) is 29.3 Å². The minimum atomic E-state index is -0.926. The van der Waals surface area contributed by atoms with Crippen LogP contribution in [-0.4, -0.2) is 33.7 Å². The number of anilines is 1. The van der Waals surface area contributed by atoms with Crippen LogP contribution >= 0.6 is 11.8 Å². The van der Waals surface area contributed by atoms with Crippen LogP contribution in [0, 0.1) is 22.7 Å². The molecule has 0 spiro atoms. The Bertz CT molecular complexity index is 781. The summed E-state index contributed by atoms with van der Waals surface area (Å²) in [6.07, 6.45) is -0.926. The van der Waals surface area contributed by atoms with E-state index in [2.05, 4.69) is 11.1 Å². The zero-order chi connectivity index (χ0) is 16.8. The summed E-state index contributed by atoms with van der Waals surface area (Å²) in [5.41, 5.74) is 7.38. The van der Waals surface area contributed by atoms with Gasteiger partial charge < -0.3 is 15.9 Å². The third-order valence-corrected chi connectivity index (χ3v) is 4.22. The van der Waals surface area contributed by atoms with Gasteiger partial charge in [0.25, 0.3) is 0 Å². The molecule has 4 N–H and O–H groups in total. The molecule has 0 saturated carbocycles. The SMILES string of the molecule is N#Cc1c(N)nc(SCC(O)CO)c(C#N)c1-c1ccccc1. The molecule has 1 aromatic carbocycles. The highest BCUT2D eigenvalue weighted by Crippen LogP contribution is 2.35. The van der Waals surface area contributed by atoms with Gasteiger partial charge in [0.05, 0.1) is 18.3 Å². The number of nitrogen functional groups attached to an aromatic ring is 1. The highest BCUT2D eigenvalue weighted by atomic mass is 32.2. The first kappa shape index (κ1) is 16.8. The Hall–Kier alpha value is -2.58. The van der Waals surface area contributed by atoms with E-state index < -0.39 is 6.10 Å². The van der Waals surface area contributed by atoms with Gasteiger partial charge in [0.15, 0.2) is 0 Å². The van der Waals surface area contributed by atoms with Crippen molar-refractivity contribution in [2.45, 2.75) is 11.1 Å². The monoisotopic (exact) mass is 326 g/mol. The van der Waals surface area contributed by atoms with Crippen LogP contribution in [0.5, 0.6) is 0 Å². The maximum absolute atomic E-state index is 9.53. The third-order valence-electron chi connectivity index (χ3n) is 3.10. The Morgan fingerprint density at radius 1 is 1.17 bits per heavy atom. The fourth-order valence-electron chi connectivity index (χ4n) is 2.02. The number of aliphatic hydroxyl groups is 2. The molecule has 0 bridgehead atoms. The minimum absolute atomic E-state index is 0.0336. The Labute approximate surface area is 137 Å². The Morgan fingerprint density at radius 2 is 1.83 bits per heavy atom. The lowest BCUT2D eigenvalue weighted by molar-refractivity contribution is 0.113. The van der Waals surface area contributed by atoms with Crippen LogP contribution < -0.4 is 5.73 Å². The van der Waals surface area contributed by atoms with Gasteiger partial charge in [-0.05, 0) is 5.56 Å². The van der Waals surface area contributed by atoms with Crippen LogP contribution in [0.1, 0.15) is 11.1 Å². The van der Waals surface area contributed by atoms with Gasteiger partial charge in [-0.3, -0.25) is 0 Å². The maximum Gasteiger partial charge on any atom is 0.143 e. The Balaban J connectivity index is 2.61. The molecule has 116 valence electrons. The first-order valence-electron chi connectivity index (χ1n) is 6.73. The average Bonchev–Trinajstić information content (AvgIpc) is 2.59. The van der Waals surface area contributed by atoms with E-state index in [0.29, 0.717) is 16.2 Å². The Kier molecular flexibility index (Phi) is 5.56. The summed E-state index contributed by atoms with van der Waals surface area (Å²) in [5, 5.41) is 37.6. The minimum Gasteiger partial charge on any atom is -0.394 e. The number of pyridine rings is 1. The van der Waals surface area contributed by atoms with Gasteiger partial charge in [-0.1, -0.05) is 30.3 Å². The highest BCUT2D eigenvalue weighted by Gasteiger charge is 2.20. The predicted molar refractivity (Wildman–Crippen MR) is 87.3 cm³/mol. The van der Waals surface area contributed by atoms with Crippen LogP contribution in [-0.2, 0) is 0 Å². The molecule has 0 fully saturated rings. The summed E-state index contributed by atoms with van der Waals surface area (Å²) in [4.78, 5) is 4.11. The smallest absolute Gasteiger partial charge is 0.143 e. The van der Waals surface area contributed by atoms with Crippen LogP contribution in [0.15, 0.2) is 35.4 Å². The van der Waals surface area contributed by atoms with E-state index in [4.69, 9.17) is 10.8 Å². The molecule has 0 saturated heterocycles. The topological polar surface area (TPSA) is 127 Å². The number of benzene rings is 1. The number of aromatic nitrogens is 1. The highest BCUT2D eigenvalue weighted by molar-refractivity contribution is 7.99. The molecule has 1 unspecified atom stereocenters. The molecule has 7 heteroatoms. The fourth-order valence-corrected chi connectivity index (χ4v) is 2.93. The lowest BCUT2D eigenvalue weighted by Crippen LogP contribution is -2.15. The Morgan fingerprint density at radius 3 is 2.39 bits per heavy atom. The van der Waals surface area contributed by atoms with E-state index in [9.17, 15) is 15.6 Å². The van der Waals surface area contributed by atoms with E-state index in [1.807, 2.05) is 12.1 Å². The van der Waals surface area contributed by atoms with Crippen molar-refractivity contribution in [3.63, 3.8) is 0 Å². The molecule has 0 amide bonds. The number of hydrogen-bond acceptors (Lipinski definition) is 7. The van der Waals surface area contributed by atoms with Gasteiger partial charge in [0.1, 0.15) is 28.5 Å². The number of hydrogen-bond donors (Lipinski definition) is 3. The van der Waals surface area contributed by atoms with Crippen molar-refractivity contribution in [2.75, 3.05) is 18.1 Å². The standard InChI is InChI=1S/C16H14N4O2S/c17-6-12-14(10-4-2-1-3-5-10)13(7-18)16(20-15(12)19)23-9-11(22)8-21/h1-5,11,21-22H,8-9H2,(H2,19,20). The zero-order valence-electron chi connectivity index (χ0n) is 12.1. The lowest BCUT2D eigenvalue weighted by atomic mass is 9.97. The van der Waals surface area contributed by atoms with Crippen molar-refractivity contribution in [1.29, 1.82) is 10.5 Å². The molecule has 2 rings (SSSR count). The molecule has 0 radical (unpaired) electrons. The van der Waals surface area contributed by atoms with Crippen molar-refractivity contribution in [1.82, 2.24) is 4.98 Å². The van der Waals surface area contributed by atoms with Crippen LogP contribution in [0.4, 0.5) is 5.82 Å². The van der Waals surface area contributed by atoms with E-state index in [1.54, 1.807) is 24.3 Å². The predicted octanol–water partition coefficient (Wildman–Crippen LogP) is 1.52. The number of nitrogens with zero attached hydrogens (tertiary/aromatic N) is 3. The van der Waals surface area contributed by atoms with E-state index in [1.165, 1.54) is 0 Å². The molecule has 23 heavy (non-hydrogen) atoms. The molecule has 2 aromatic rings. The lowest BCUT2D eigenvalue weighted by Gasteiger charge is -2.13. The summed E-state index contributed by atoms with van der Waals surface area (Å²) in [7, 11) is 0. The number of aliphatic hydroxyl groups excluding tert-OH is 2. The van der Waals surface area contributed by atoms with Crippen molar-refractivity contribution in [3.8, 4) is 23.3 Å². The summed E-state index contributed by atoms with van der Waals surface area (Å²) >= 11 is 1.11. The normalized spacial score (nSPS) is 11.5. The molecular weight excluding hydrogens is 312 g/mol. The first-order chi connectivity index (χ1) is 11.1. The van der Waals surface area contributed by atoms with Crippen molar-refractivity contribution < 1.29 is 10.2 Å². The zero-order valence-corrected chi connectivity index (χ0v) is 12.9. The second-order valence-corrected chi connectivity index (χ2v) is 5.67. The van der Waals surface area contributed by atoms with Gasteiger partial charge in [-0.15, -0.1) is 11.8 Å².